The van der Waals surface area contributed by atoms with E-state index in [4.69, 9.17) is 27.0 Å². The summed E-state index contributed by atoms with van der Waals surface area (Å²) in [5.41, 5.74) is 0.567. The number of hydrogen-bond donors (Lipinski definition) is 0. The van der Waals surface area contributed by atoms with Crippen LogP contribution in [0.25, 0.3) is 0 Å². The summed E-state index contributed by atoms with van der Waals surface area (Å²) < 4.78 is 10.6. The maximum atomic E-state index is 8.66. The highest BCUT2D eigenvalue weighted by atomic mass is 32.1. The zero-order valence-corrected chi connectivity index (χ0v) is 10.2. The summed E-state index contributed by atoms with van der Waals surface area (Å²) in [6, 6.07) is 17.8. The molecule has 0 aromatic heterocycles. The van der Waals surface area contributed by atoms with E-state index in [-0.39, 0.29) is 5.24 Å². The first-order chi connectivity index (χ1) is 8.78. The van der Waals surface area contributed by atoms with Crippen LogP contribution in [0.2, 0.25) is 0 Å². The Morgan fingerprint density at radius 3 is 2.00 bits per heavy atom. The third kappa shape index (κ3) is 3.30. The first-order valence-corrected chi connectivity index (χ1v) is 5.63. The highest BCUT2D eigenvalue weighted by Gasteiger charge is 2.03. The van der Waals surface area contributed by atoms with Gasteiger partial charge in [-0.05, 0) is 36.4 Å². The molecule has 0 amide bonds. The Labute approximate surface area is 110 Å². The average Bonchev–Trinajstić information content (AvgIpc) is 2.40. The van der Waals surface area contributed by atoms with Crippen molar-refractivity contribution < 1.29 is 9.47 Å². The third-order valence-electron chi connectivity index (χ3n) is 2.13. The standard InChI is InChI=1S/C14H9NO2S/c15-10-11-6-8-13(9-7-11)17-14(18)16-12-4-2-1-3-5-12/h1-9H. The van der Waals surface area contributed by atoms with Gasteiger partial charge in [0.15, 0.2) is 0 Å². The van der Waals surface area contributed by atoms with Gasteiger partial charge >= 0.3 is 5.24 Å². The fraction of sp³-hybridized carbons (Fsp3) is 0. The van der Waals surface area contributed by atoms with E-state index >= 15 is 0 Å². The zero-order chi connectivity index (χ0) is 12.8. The minimum Gasteiger partial charge on any atom is -0.417 e. The molecule has 0 heterocycles. The fourth-order valence-corrected chi connectivity index (χ4v) is 1.49. The van der Waals surface area contributed by atoms with Gasteiger partial charge in [-0.25, -0.2) is 0 Å². The number of rotatable bonds is 2. The summed E-state index contributed by atoms with van der Waals surface area (Å²) >= 11 is 4.97. The van der Waals surface area contributed by atoms with Crippen LogP contribution in [-0.2, 0) is 0 Å². The first kappa shape index (κ1) is 12.1. The van der Waals surface area contributed by atoms with E-state index in [1.807, 2.05) is 24.3 Å². The van der Waals surface area contributed by atoms with Gasteiger partial charge in [0.25, 0.3) is 0 Å². The van der Waals surface area contributed by atoms with Gasteiger partial charge in [0.2, 0.25) is 0 Å². The van der Waals surface area contributed by atoms with Gasteiger partial charge in [-0.2, -0.15) is 5.26 Å². The Hall–Kier alpha value is -2.38. The minimum absolute atomic E-state index is 0.0194. The Morgan fingerprint density at radius 2 is 1.44 bits per heavy atom. The topological polar surface area (TPSA) is 42.2 Å². The number of ether oxygens (including phenoxy) is 2. The Morgan fingerprint density at radius 1 is 0.889 bits per heavy atom. The van der Waals surface area contributed by atoms with E-state index in [1.54, 1.807) is 36.4 Å². The molecule has 0 saturated heterocycles. The monoisotopic (exact) mass is 255 g/mol. The molecule has 0 saturated carbocycles. The highest BCUT2D eigenvalue weighted by Crippen LogP contribution is 2.14. The van der Waals surface area contributed by atoms with Gasteiger partial charge in [0, 0.05) is 12.2 Å². The molecule has 3 nitrogen and oxygen atoms in total. The Kier molecular flexibility index (Phi) is 3.90. The molecule has 0 bridgehead atoms. The number of benzene rings is 2. The van der Waals surface area contributed by atoms with Crippen LogP contribution in [-0.4, -0.2) is 5.24 Å². The van der Waals surface area contributed by atoms with E-state index in [1.165, 1.54) is 0 Å². The molecule has 18 heavy (non-hydrogen) atoms. The quantitative estimate of drug-likeness (QED) is 0.772. The smallest absolute Gasteiger partial charge is 0.363 e. The van der Waals surface area contributed by atoms with Crippen LogP contribution in [0.15, 0.2) is 54.6 Å². The number of para-hydroxylation sites is 1. The molecule has 88 valence electrons. The zero-order valence-electron chi connectivity index (χ0n) is 9.37. The molecular weight excluding hydrogens is 246 g/mol. The molecule has 0 N–H and O–H groups in total. The molecule has 0 atom stereocenters. The van der Waals surface area contributed by atoms with Gasteiger partial charge in [0.1, 0.15) is 11.5 Å². The van der Waals surface area contributed by atoms with Crippen LogP contribution in [0.3, 0.4) is 0 Å². The third-order valence-corrected chi connectivity index (χ3v) is 2.30. The molecule has 0 radical (unpaired) electrons. The summed E-state index contributed by atoms with van der Waals surface area (Å²) in [5, 5.41) is 8.68. The molecule has 2 aromatic rings. The van der Waals surface area contributed by atoms with Crippen LogP contribution in [0, 0.1) is 11.3 Å². The van der Waals surface area contributed by atoms with Crippen LogP contribution >= 0.6 is 12.2 Å². The molecule has 0 fully saturated rings. The summed E-state index contributed by atoms with van der Waals surface area (Å²) in [4.78, 5) is 0. The molecule has 4 heteroatoms. The lowest BCUT2D eigenvalue weighted by Gasteiger charge is -2.07. The van der Waals surface area contributed by atoms with Gasteiger partial charge in [-0.3, -0.25) is 0 Å². The van der Waals surface area contributed by atoms with Crippen LogP contribution in [0.1, 0.15) is 5.56 Å². The summed E-state index contributed by atoms with van der Waals surface area (Å²) in [6.07, 6.45) is 0. The van der Waals surface area contributed by atoms with E-state index < -0.39 is 0 Å². The maximum Gasteiger partial charge on any atom is 0.363 e. The van der Waals surface area contributed by atoms with Crippen molar-refractivity contribution in [2.75, 3.05) is 0 Å². The Bertz CT molecular complexity index is 573. The lowest BCUT2D eigenvalue weighted by atomic mass is 10.2. The van der Waals surface area contributed by atoms with Crippen LogP contribution < -0.4 is 9.47 Å². The summed E-state index contributed by atoms with van der Waals surface area (Å²) in [5.74, 6) is 1.16. The largest absolute Gasteiger partial charge is 0.417 e. The molecule has 0 unspecified atom stereocenters. The second-order valence-corrected chi connectivity index (χ2v) is 3.74. The predicted molar refractivity (Wildman–Crippen MR) is 71.5 cm³/mol. The number of nitrogens with zero attached hydrogens (tertiary/aromatic N) is 1. The van der Waals surface area contributed by atoms with Crippen LogP contribution in [0.5, 0.6) is 11.5 Å². The van der Waals surface area contributed by atoms with Gasteiger partial charge < -0.3 is 9.47 Å². The van der Waals surface area contributed by atoms with Crippen molar-refractivity contribution in [3.63, 3.8) is 0 Å². The van der Waals surface area contributed by atoms with E-state index in [0.29, 0.717) is 17.1 Å². The molecule has 0 aliphatic rings. The van der Waals surface area contributed by atoms with Crippen molar-refractivity contribution >= 4 is 17.5 Å². The SMILES string of the molecule is N#Cc1ccc(OC(=S)Oc2ccccc2)cc1. The minimum atomic E-state index is 0.0194. The van der Waals surface area contributed by atoms with Crippen molar-refractivity contribution in [1.82, 2.24) is 0 Å². The van der Waals surface area contributed by atoms with E-state index in [2.05, 4.69) is 0 Å². The van der Waals surface area contributed by atoms with E-state index in [0.717, 1.165) is 0 Å². The molecule has 2 aromatic carbocycles. The van der Waals surface area contributed by atoms with Crippen molar-refractivity contribution in [2.24, 2.45) is 0 Å². The van der Waals surface area contributed by atoms with Gasteiger partial charge in [-0.1, -0.05) is 18.2 Å². The molecule has 2 rings (SSSR count). The fourth-order valence-electron chi connectivity index (χ4n) is 1.30. The second-order valence-electron chi connectivity index (χ2n) is 3.40. The average molecular weight is 255 g/mol. The van der Waals surface area contributed by atoms with Crippen molar-refractivity contribution in [2.45, 2.75) is 0 Å². The lowest BCUT2D eigenvalue weighted by Crippen LogP contribution is -2.13. The molecule has 0 aliphatic carbocycles. The highest BCUT2D eigenvalue weighted by molar-refractivity contribution is 7.79. The van der Waals surface area contributed by atoms with Crippen LogP contribution in [0.4, 0.5) is 0 Å². The number of thiocarbonyl (C=S) groups is 1. The maximum absolute atomic E-state index is 8.66. The normalized spacial score (nSPS) is 9.28. The first-order valence-electron chi connectivity index (χ1n) is 5.23. The van der Waals surface area contributed by atoms with Gasteiger partial charge in [-0.15, -0.1) is 0 Å². The summed E-state index contributed by atoms with van der Waals surface area (Å²) in [6.45, 7) is 0. The van der Waals surface area contributed by atoms with E-state index in [9.17, 15) is 0 Å². The molecule has 0 aliphatic heterocycles. The number of hydrogen-bond acceptors (Lipinski definition) is 4. The Balaban J connectivity index is 1.97. The van der Waals surface area contributed by atoms with Gasteiger partial charge in [0.05, 0.1) is 11.6 Å². The molecular formula is C14H9NO2S. The second kappa shape index (κ2) is 5.80. The predicted octanol–water partition coefficient (Wildman–Crippen LogP) is 3.30. The van der Waals surface area contributed by atoms with Crippen molar-refractivity contribution in [1.29, 1.82) is 5.26 Å². The van der Waals surface area contributed by atoms with Crippen molar-refractivity contribution in [3.8, 4) is 17.6 Å². The van der Waals surface area contributed by atoms with Crippen molar-refractivity contribution in [3.05, 3.63) is 60.2 Å². The number of nitriles is 1. The molecule has 0 spiro atoms. The lowest BCUT2D eigenvalue weighted by molar-refractivity contribution is 0.403. The summed E-state index contributed by atoms with van der Waals surface area (Å²) in [7, 11) is 0.